The van der Waals surface area contributed by atoms with Crippen molar-refractivity contribution in [3.05, 3.63) is 35.7 Å². The van der Waals surface area contributed by atoms with Crippen LogP contribution in [0, 0.1) is 5.41 Å². The second-order valence-electron chi connectivity index (χ2n) is 6.93. The smallest absolute Gasteiger partial charge is 0.163 e. The summed E-state index contributed by atoms with van der Waals surface area (Å²) >= 11 is 6.24. The minimum absolute atomic E-state index is 0.198. The minimum Gasteiger partial charge on any atom is -0.354 e. The molecule has 0 aliphatic carbocycles. The van der Waals surface area contributed by atoms with Crippen LogP contribution in [0.1, 0.15) is 20.8 Å². The molecule has 1 saturated heterocycles. The third kappa shape index (κ3) is 3.79. The van der Waals surface area contributed by atoms with Crippen molar-refractivity contribution >= 4 is 17.4 Å². The number of aromatic nitrogens is 3. The minimum atomic E-state index is 0.198. The third-order valence-electron chi connectivity index (χ3n) is 4.16. The Hall–Kier alpha value is -1.72. The van der Waals surface area contributed by atoms with E-state index < -0.39 is 0 Å². The van der Waals surface area contributed by atoms with Crippen molar-refractivity contribution in [2.75, 3.05) is 24.5 Å². The Kier molecular flexibility index (Phi) is 4.50. The maximum atomic E-state index is 6.24. The van der Waals surface area contributed by atoms with E-state index in [2.05, 4.69) is 41.0 Å². The average molecular weight is 332 g/mol. The lowest BCUT2D eigenvalue weighted by Gasteiger charge is -2.41. The van der Waals surface area contributed by atoms with Gasteiger partial charge in [0.15, 0.2) is 5.82 Å². The molecule has 2 aromatic heterocycles. The zero-order valence-corrected chi connectivity index (χ0v) is 14.5. The Bertz CT molecular complexity index is 668. The molecular weight excluding hydrogens is 310 g/mol. The number of nitrogens with zero attached hydrogens (tertiary/aromatic N) is 4. The zero-order valence-electron chi connectivity index (χ0n) is 13.8. The molecule has 0 spiro atoms. The number of rotatable bonds is 2. The summed E-state index contributed by atoms with van der Waals surface area (Å²) in [5.41, 5.74) is 1.12. The number of anilines is 1. The number of halogens is 1. The molecule has 3 heterocycles. The Morgan fingerprint density at radius 2 is 1.96 bits per heavy atom. The van der Waals surface area contributed by atoms with Crippen LogP contribution in [0.4, 0.5) is 5.82 Å². The highest BCUT2D eigenvalue weighted by atomic mass is 35.5. The predicted molar refractivity (Wildman–Crippen MR) is 93.7 cm³/mol. The molecule has 0 unspecified atom stereocenters. The predicted octanol–water partition coefficient (Wildman–Crippen LogP) is 3.02. The van der Waals surface area contributed by atoms with Crippen LogP contribution >= 0.6 is 11.6 Å². The maximum Gasteiger partial charge on any atom is 0.163 e. The second-order valence-corrected chi connectivity index (χ2v) is 7.31. The van der Waals surface area contributed by atoms with Gasteiger partial charge in [-0.25, -0.2) is 9.97 Å². The second kappa shape index (κ2) is 6.42. The fourth-order valence-electron chi connectivity index (χ4n) is 2.74. The molecular formula is C17H22ClN5. The number of hydrogen-bond acceptors (Lipinski definition) is 5. The van der Waals surface area contributed by atoms with Crippen molar-refractivity contribution in [3.63, 3.8) is 0 Å². The quantitative estimate of drug-likeness (QED) is 0.857. The van der Waals surface area contributed by atoms with Gasteiger partial charge in [-0.15, -0.1) is 0 Å². The van der Waals surface area contributed by atoms with Gasteiger partial charge < -0.3 is 10.2 Å². The van der Waals surface area contributed by atoms with Gasteiger partial charge in [0.25, 0.3) is 0 Å². The monoisotopic (exact) mass is 331 g/mol. The third-order valence-corrected chi connectivity index (χ3v) is 4.36. The summed E-state index contributed by atoms with van der Waals surface area (Å²) in [6.07, 6.45) is 3.47. The molecule has 1 aliphatic rings. The lowest BCUT2D eigenvalue weighted by Crippen LogP contribution is -2.56. The van der Waals surface area contributed by atoms with E-state index in [1.54, 1.807) is 12.4 Å². The topological polar surface area (TPSA) is 53.9 Å². The van der Waals surface area contributed by atoms with Gasteiger partial charge in [0.2, 0.25) is 0 Å². The largest absolute Gasteiger partial charge is 0.354 e. The molecule has 1 aliphatic heterocycles. The molecule has 23 heavy (non-hydrogen) atoms. The average Bonchev–Trinajstić information content (AvgIpc) is 2.54. The molecule has 1 fully saturated rings. The number of hydrogen-bond donors (Lipinski definition) is 1. The van der Waals surface area contributed by atoms with Gasteiger partial charge in [-0.1, -0.05) is 32.4 Å². The first kappa shape index (κ1) is 16.1. The van der Waals surface area contributed by atoms with Gasteiger partial charge in [0.05, 0.1) is 0 Å². The number of piperazine rings is 1. The van der Waals surface area contributed by atoms with Crippen molar-refractivity contribution in [1.82, 2.24) is 20.3 Å². The molecule has 0 aromatic carbocycles. The van der Waals surface area contributed by atoms with E-state index in [-0.39, 0.29) is 5.41 Å². The van der Waals surface area contributed by atoms with E-state index in [9.17, 15) is 0 Å². The van der Waals surface area contributed by atoms with Crippen molar-refractivity contribution in [2.45, 2.75) is 26.8 Å². The van der Waals surface area contributed by atoms with Gasteiger partial charge in [-0.3, -0.25) is 4.98 Å². The molecule has 0 amide bonds. The van der Waals surface area contributed by atoms with Gasteiger partial charge in [0, 0.05) is 49.7 Å². The Labute approximate surface area is 142 Å². The summed E-state index contributed by atoms with van der Waals surface area (Å²) in [5.74, 6) is 1.52. The van der Waals surface area contributed by atoms with Gasteiger partial charge in [-0.05, 0) is 17.5 Å². The lowest BCUT2D eigenvalue weighted by molar-refractivity contribution is 0.253. The summed E-state index contributed by atoms with van der Waals surface area (Å²) in [6.45, 7) is 9.52. The van der Waals surface area contributed by atoms with E-state index in [1.165, 1.54) is 0 Å². The first-order valence-corrected chi connectivity index (χ1v) is 8.24. The van der Waals surface area contributed by atoms with Gasteiger partial charge in [-0.2, -0.15) is 0 Å². The van der Waals surface area contributed by atoms with E-state index in [4.69, 9.17) is 16.6 Å². The van der Waals surface area contributed by atoms with Crippen molar-refractivity contribution < 1.29 is 0 Å². The number of pyridine rings is 1. The van der Waals surface area contributed by atoms with E-state index >= 15 is 0 Å². The molecule has 0 saturated carbocycles. The van der Waals surface area contributed by atoms with Crippen LogP contribution < -0.4 is 10.2 Å². The maximum absolute atomic E-state index is 6.24. The molecule has 2 aromatic rings. The fraction of sp³-hybridized carbons (Fsp3) is 0.471. The van der Waals surface area contributed by atoms with Crippen LogP contribution in [0.2, 0.25) is 5.15 Å². The SMILES string of the molecule is CC(C)(C)[C@H]1CN(c2cc(Cl)nc(-c3ccncc3)n2)CCN1. The summed E-state index contributed by atoms with van der Waals surface area (Å²) in [5, 5.41) is 4.06. The first-order chi connectivity index (χ1) is 10.9. The molecule has 1 atom stereocenters. The summed E-state index contributed by atoms with van der Waals surface area (Å²) < 4.78 is 0. The summed E-state index contributed by atoms with van der Waals surface area (Å²) in [6, 6.07) is 6.04. The van der Waals surface area contributed by atoms with Crippen LogP contribution in [-0.4, -0.2) is 40.6 Å². The van der Waals surface area contributed by atoms with Crippen LogP contribution in [0.15, 0.2) is 30.6 Å². The van der Waals surface area contributed by atoms with Crippen LogP contribution in [0.5, 0.6) is 0 Å². The van der Waals surface area contributed by atoms with Gasteiger partial charge >= 0.3 is 0 Å². The van der Waals surface area contributed by atoms with E-state index in [1.807, 2.05) is 18.2 Å². The lowest BCUT2D eigenvalue weighted by atomic mass is 9.85. The van der Waals surface area contributed by atoms with Gasteiger partial charge in [0.1, 0.15) is 11.0 Å². The standard InChI is InChI=1S/C17H22ClN5/c1-17(2,3)13-11-23(9-8-20-13)15-10-14(18)21-16(22-15)12-4-6-19-7-5-12/h4-7,10,13,20H,8-9,11H2,1-3H3/t13-/m1/s1. The Balaban J connectivity index is 1.89. The van der Waals surface area contributed by atoms with E-state index in [0.717, 1.165) is 31.0 Å². The highest BCUT2D eigenvalue weighted by Gasteiger charge is 2.30. The van der Waals surface area contributed by atoms with Crippen molar-refractivity contribution in [3.8, 4) is 11.4 Å². The highest BCUT2D eigenvalue weighted by Crippen LogP contribution is 2.26. The molecule has 5 nitrogen and oxygen atoms in total. The zero-order chi connectivity index (χ0) is 16.4. The normalized spacial score (nSPS) is 19.0. The molecule has 0 radical (unpaired) electrons. The van der Waals surface area contributed by atoms with Crippen LogP contribution in [-0.2, 0) is 0 Å². The van der Waals surface area contributed by atoms with Crippen molar-refractivity contribution in [2.24, 2.45) is 5.41 Å². The van der Waals surface area contributed by atoms with Crippen LogP contribution in [0.25, 0.3) is 11.4 Å². The molecule has 0 bridgehead atoms. The Morgan fingerprint density at radius 3 is 2.65 bits per heavy atom. The highest BCUT2D eigenvalue weighted by molar-refractivity contribution is 6.29. The van der Waals surface area contributed by atoms with Crippen molar-refractivity contribution in [1.29, 1.82) is 0 Å². The van der Waals surface area contributed by atoms with Crippen LogP contribution in [0.3, 0.4) is 0 Å². The molecule has 1 N–H and O–H groups in total. The Morgan fingerprint density at radius 1 is 1.22 bits per heavy atom. The molecule has 122 valence electrons. The fourth-order valence-corrected chi connectivity index (χ4v) is 2.91. The molecule has 3 rings (SSSR count). The molecule has 6 heteroatoms. The summed E-state index contributed by atoms with van der Waals surface area (Å²) in [4.78, 5) is 15.4. The summed E-state index contributed by atoms with van der Waals surface area (Å²) in [7, 11) is 0. The van der Waals surface area contributed by atoms with E-state index in [0.29, 0.717) is 17.0 Å². The number of nitrogens with one attached hydrogen (secondary N) is 1. The first-order valence-electron chi connectivity index (χ1n) is 7.87.